The molecule has 0 aliphatic carbocycles. The third-order valence-electron chi connectivity index (χ3n) is 4.01. The SMILES string of the molecule is Cc1ccc2cc(C(C)C)c(C(C)C)cc2c1C. The van der Waals surface area contributed by atoms with Gasteiger partial charge in [-0.25, -0.2) is 0 Å². The molecule has 0 atom stereocenters. The molecule has 2 aromatic rings. The molecule has 0 saturated carbocycles. The molecule has 0 saturated heterocycles. The van der Waals surface area contributed by atoms with Gasteiger partial charge in [0, 0.05) is 0 Å². The van der Waals surface area contributed by atoms with Gasteiger partial charge in [-0.15, -0.1) is 0 Å². The molecule has 0 heteroatoms. The van der Waals surface area contributed by atoms with E-state index in [1.165, 1.54) is 33.0 Å². The first-order valence-corrected chi connectivity index (χ1v) is 6.95. The minimum Gasteiger partial charge on any atom is -0.0587 e. The summed E-state index contributed by atoms with van der Waals surface area (Å²) in [6, 6.07) is 9.30. The molecule has 0 bridgehead atoms. The molecule has 0 spiro atoms. The van der Waals surface area contributed by atoms with Crippen molar-refractivity contribution in [2.75, 3.05) is 0 Å². The lowest BCUT2D eigenvalue weighted by atomic mass is 9.86. The highest BCUT2D eigenvalue weighted by atomic mass is 14.2. The Kier molecular flexibility index (Phi) is 3.47. The van der Waals surface area contributed by atoms with Gasteiger partial charge in [-0.1, -0.05) is 52.0 Å². The van der Waals surface area contributed by atoms with Gasteiger partial charge in [0.05, 0.1) is 0 Å². The Morgan fingerprint density at radius 3 is 1.89 bits per heavy atom. The van der Waals surface area contributed by atoms with Crippen molar-refractivity contribution in [2.24, 2.45) is 0 Å². The third-order valence-corrected chi connectivity index (χ3v) is 4.01. The van der Waals surface area contributed by atoms with Crippen LogP contribution in [0.15, 0.2) is 24.3 Å². The van der Waals surface area contributed by atoms with Crippen LogP contribution in [0.5, 0.6) is 0 Å². The lowest BCUT2D eigenvalue weighted by molar-refractivity contribution is 0.793. The fraction of sp³-hybridized carbons (Fsp3) is 0.444. The van der Waals surface area contributed by atoms with Gasteiger partial charge in [0.25, 0.3) is 0 Å². The quantitative estimate of drug-likeness (QED) is 0.631. The average molecular weight is 240 g/mol. The van der Waals surface area contributed by atoms with Crippen LogP contribution in [0, 0.1) is 13.8 Å². The van der Waals surface area contributed by atoms with Crippen LogP contribution in [0.1, 0.15) is 61.8 Å². The van der Waals surface area contributed by atoms with Crippen LogP contribution in [0.4, 0.5) is 0 Å². The highest BCUT2D eigenvalue weighted by Crippen LogP contribution is 2.32. The summed E-state index contributed by atoms with van der Waals surface area (Å²) in [7, 11) is 0. The molecular formula is C18H24. The van der Waals surface area contributed by atoms with Gasteiger partial charge in [0.2, 0.25) is 0 Å². The molecular weight excluding hydrogens is 216 g/mol. The largest absolute Gasteiger partial charge is 0.0587 e. The molecule has 0 amide bonds. The molecule has 0 heterocycles. The minimum absolute atomic E-state index is 0.590. The van der Waals surface area contributed by atoms with Gasteiger partial charge in [-0.05, 0) is 58.7 Å². The first-order chi connectivity index (χ1) is 8.41. The van der Waals surface area contributed by atoms with E-state index in [-0.39, 0.29) is 0 Å². The van der Waals surface area contributed by atoms with Crippen molar-refractivity contribution in [2.45, 2.75) is 53.4 Å². The van der Waals surface area contributed by atoms with Gasteiger partial charge in [0.1, 0.15) is 0 Å². The standard InChI is InChI=1S/C18H24/c1-11(2)16-9-15-8-7-13(5)14(6)18(15)10-17(16)12(3)4/h7-12H,1-6H3. The second-order valence-electron chi connectivity index (χ2n) is 6.02. The Hall–Kier alpha value is -1.30. The fourth-order valence-electron chi connectivity index (χ4n) is 2.67. The first kappa shape index (κ1) is 13.1. The molecule has 0 aliphatic rings. The van der Waals surface area contributed by atoms with E-state index in [0.29, 0.717) is 11.8 Å². The predicted molar refractivity (Wildman–Crippen MR) is 81.6 cm³/mol. The van der Waals surface area contributed by atoms with Crippen LogP contribution in [0.25, 0.3) is 10.8 Å². The monoisotopic (exact) mass is 240 g/mol. The third kappa shape index (κ3) is 2.16. The van der Waals surface area contributed by atoms with Crippen LogP contribution in [0.2, 0.25) is 0 Å². The van der Waals surface area contributed by atoms with E-state index in [0.717, 1.165) is 0 Å². The molecule has 0 radical (unpaired) electrons. The normalized spacial score (nSPS) is 11.8. The summed E-state index contributed by atoms with van der Waals surface area (Å²) in [5, 5.41) is 2.80. The molecule has 0 nitrogen and oxygen atoms in total. The Morgan fingerprint density at radius 2 is 1.33 bits per heavy atom. The number of rotatable bonds is 2. The van der Waals surface area contributed by atoms with Crippen molar-refractivity contribution >= 4 is 10.8 Å². The van der Waals surface area contributed by atoms with Crippen LogP contribution in [-0.2, 0) is 0 Å². The maximum Gasteiger partial charge on any atom is -0.0149 e. The van der Waals surface area contributed by atoms with Gasteiger partial charge >= 0.3 is 0 Å². The van der Waals surface area contributed by atoms with Crippen LogP contribution in [0.3, 0.4) is 0 Å². The number of hydrogen-bond acceptors (Lipinski definition) is 0. The molecule has 96 valence electrons. The highest BCUT2D eigenvalue weighted by molar-refractivity contribution is 5.88. The zero-order valence-electron chi connectivity index (χ0n) is 12.5. The van der Waals surface area contributed by atoms with Crippen molar-refractivity contribution in [3.8, 4) is 0 Å². The number of benzene rings is 2. The van der Waals surface area contributed by atoms with Crippen molar-refractivity contribution < 1.29 is 0 Å². The summed E-state index contributed by atoms with van der Waals surface area (Å²) in [6.45, 7) is 13.6. The minimum atomic E-state index is 0.590. The summed E-state index contributed by atoms with van der Waals surface area (Å²) < 4.78 is 0. The van der Waals surface area contributed by atoms with Gasteiger partial charge in [-0.3, -0.25) is 0 Å². The smallest absolute Gasteiger partial charge is 0.0149 e. The maximum absolute atomic E-state index is 2.41. The second-order valence-corrected chi connectivity index (χ2v) is 6.02. The molecule has 0 aromatic heterocycles. The van der Waals surface area contributed by atoms with Crippen LogP contribution >= 0.6 is 0 Å². The number of fused-ring (bicyclic) bond motifs is 1. The van der Waals surface area contributed by atoms with Crippen molar-refractivity contribution in [1.29, 1.82) is 0 Å². The van der Waals surface area contributed by atoms with Gasteiger partial charge in [0.15, 0.2) is 0 Å². The van der Waals surface area contributed by atoms with Crippen molar-refractivity contribution in [3.05, 3.63) is 46.5 Å². The van der Waals surface area contributed by atoms with Gasteiger partial charge < -0.3 is 0 Å². The molecule has 0 fully saturated rings. The molecule has 2 rings (SSSR count). The number of aryl methyl sites for hydroxylation is 2. The van der Waals surface area contributed by atoms with E-state index < -0.39 is 0 Å². The van der Waals surface area contributed by atoms with E-state index in [2.05, 4.69) is 65.8 Å². The molecule has 2 aromatic carbocycles. The summed E-state index contributed by atoms with van der Waals surface area (Å²) >= 11 is 0. The lowest BCUT2D eigenvalue weighted by Crippen LogP contribution is -1.99. The van der Waals surface area contributed by atoms with E-state index >= 15 is 0 Å². The highest BCUT2D eigenvalue weighted by Gasteiger charge is 2.12. The summed E-state index contributed by atoms with van der Waals surface area (Å²) in [6.07, 6.45) is 0. The average Bonchev–Trinajstić information content (AvgIpc) is 2.32. The second kappa shape index (κ2) is 4.76. The van der Waals surface area contributed by atoms with Crippen molar-refractivity contribution in [3.63, 3.8) is 0 Å². The van der Waals surface area contributed by atoms with Crippen molar-refractivity contribution in [1.82, 2.24) is 0 Å². The molecule has 0 unspecified atom stereocenters. The Morgan fingerprint density at radius 1 is 0.778 bits per heavy atom. The number of hydrogen-bond donors (Lipinski definition) is 0. The summed E-state index contributed by atoms with van der Waals surface area (Å²) in [5.41, 5.74) is 5.81. The fourth-order valence-corrected chi connectivity index (χ4v) is 2.67. The summed E-state index contributed by atoms with van der Waals surface area (Å²) in [4.78, 5) is 0. The molecule has 0 N–H and O–H groups in total. The van der Waals surface area contributed by atoms with Crippen LogP contribution < -0.4 is 0 Å². The van der Waals surface area contributed by atoms with E-state index in [9.17, 15) is 0 Å². The predicted octanol–water partition coefficient (Wildman–Crippen LogP) is 5.70. The van der Waals surface area contributed by atoms with E-state index in [1.807, 2.05) is 0 Å². The molecule has 0 aliphatic heterocycles. The van der Waals surface area contributed by atoms with Gasteiger partial charge in [-0.2, -0.15) is 0 Å². The first-order valence-electron chi connectivity index (χ1n) is 6.95. The zero-order chi connectivity index (χ0) is 13.4. The topological polar surface area (TPSA) is 0 Å². The zero-order valence-corrected chi connectivity index (χ0v) is 12.5. The summed E-state index contributed by atoms with van der Waals surface area (Å²) in [5.74, 6) is 1.18. The Balaban J connectivity index is 2.81. The van der Waals surface area contributed by atoms with E-state index in [4.69, 9.17) is 0 Å². The Bertz CT molecular complexity index is 574. The molecule has 18 heavy (non-hydrogen) atoms. The van der Waals surface area contributed by atoms with E-state index in [1.54, 1.807) is 0 Å². The Labute approximate surface area is 111 Å². The van der Waals surface area contributed by atoms with Crippen LogP contribution in [-0.4, -0.2) is 0 Å². The maximum atomic E-state index is 2.41. The lowest BCUT2D eigenvalue weighted by Gasteiger charge is -2.18.